The van der Waals surface area contributed by atoms with Crippen molar-refractivity contribution in [3.63, 3.8) is 0 Å². The number of hydrogen-bond donors (Lipinski definition) is 1. The summed E-state index contributed by atoms with van der Waals surface area (Å²) in [4.78, 5) is 6.23. The zero-order valence-corrected chi connectivity index (χ0v) is 12.5. The molecule has 0 saturated heterocycles. The first-order chi connectivity index (χ1) is 8.47. The summed E-state index contributed by atoms with van der Waals surface area (Å²) in [6.07, 6.45) is 0. The second-order valence-corrected chi connectivity index (χ2v) is 7.07. The smallest absolute Gasteiger partial charge is 0.106 e. The van der Waals surface area contributed by atoms with E-state index in [4.69, 9.17) is 17.3 Å². The third kappa shape index (κ3) is 2.91. The van der Waals surface area contributed by atoms with Gasteiger partial charge in [0.2, 0.25) is 0 Å². The Hall–Kier alpha value is -0.910. The molecule has 96 valence electrons. The van der Waals surface area contributed by atoms with Crippen LogP contribution >= 0.6 is 22.9 Å². The first-order valence-corrected chi connectivity index (χ1v) is 7.85. The van der Waals surface area contributed by atoms with Crippen molar-refractivity contribution in [2.45, 2.75) is 24.5 Å². The van der Waals surface area contributed by atoms with Gasteiger partial charge in [0.15, 0.2) is 0 Å². The Morgan fingerprint density at radius 1 is 1.44 bits per heavy atom. The van der Waals surface area contributed by atoms with Gasteiger partial charge in [0.25, 0.3) is 0 Å². The van der Waals surface area contributed by atoms with E-state index in [-0.39, 0.29) is 0 Å². The Balaban J connectivity index is 2.19. The number of halogens is 1. The molecule has 1 atom stereocenters. The van der Waals surface area contributed by atoms with E-state index in [1.54, 1.807) is 29.5 Å². The molecule has 3 nitrogen and oxygen atoms in total. The monoisotopic (exact) mass is 300 g/mol. The fourth-order valence-electron chi connectivity index (χ4n) is 1.45. The zero-order valence-electron chi connectivity index (χ0n) is 10.1. The Bertz CT molecular complexity index is 591. The molecule has 0 aliphatic carbocycles. The molecule has 1 heterocycles. The maximum Gasteiger partial charge on any atom is 0.106 e. The van der Waals surface area contributed by atoms with E-state index >= 15 is 0 Å². The average molecular weight is 301 g/mol. The van der Waals surface area contributed by atoms with Gasteiger partial charge in [-0.1, -0.05) is 11.6 Å². The number of nitrogens with two attached hydrogens (primary N) is 1. The largest absolute Gasteiger partial charge is 0.398 e. The Morgan fingerprint density at radius 3 is 2.72 bits per heavy atom. The van der Waals surface area contributed by atoms with E-state index in [0.29, 0.717) is 21.4 Å². The second-order valence-electron chi connectivity index (χ2n) is 3.92. The topological polar surface area (TPSA) is 56.0 Å². The summed E-state index contributed by atoms with van der Waals surface area (Å²) in [5.74, 6) is 0.416. The lowest BCUT2D eigenvalue weighted by Crippen LogP contribution is -1.97. The van der Waals surface area contributed by atoms with Crippen LogP contribution in [0, 0.1) is 13.8 Å². The van der Waals surface area contributed by atoms with Gasteiger partial charge in [0, 0.05) is 9.77 Å². The van der Waals surface area contributed by atoms with Gasteiger partial charge in [0.1, 0.15) is 5.01 Å². The highest BCUT2D eigenvalue weighted by Crippen LogP contribution is 2.24. The number of aromatic nitrogens is 1. The molecule has 1 aromatic carbocycles. The highest BCUT2D eigenvalue weighted by molar-refractivity contribution is 7.84. The van der Waals surface area contributed by atoms with Crippen molar-refractivity contribution in [3.05, 3.63) is 38.8 Å². The van der Waals surface area contributed by atoms with E-state index in [0.717, 1.165) is 15.6 Å². The van der Waals surface area contributed by atoms with Crippen LogP contribution in [0.25, 0.3) is 0 Å². The third-order valence-electron chi connectivity index (χ3n) is 2.56. The third-order valence-corrected chi connectivity index (χ3v) is 5.46. The van der Waals surface area contributed by atoms with Crippen LogP contribution in [0.15, 0.2) is 23.1 Å². The van der Waals surface area contributed by atoms with Crippen molar-refractivity contribution < 1.29 is 4.21 Å². The van der Waals surface area contributed by atoms with Gasteiger partial charge in [-0.25, -0.2) is 4.98 Å². The summed E-state index contributed by atoms with van der Waals surface area (Å²) in [5.41, 5.74) is 7.12. The molecule has 2 rings (SSSR count). The van der Waals surface area contributed by atoms with E-state index < -0.39 is 10.8 Å². The van der Waals surface area contributed by atoms with E-state index in [1.165, 1.54) is 0 Å². The van der Waals surface area contributed by atoms with Crippen molar-refractivity contribution >= 4 is 39.4 Å². The molecule has 0 aliphatic rings. The first-order valence-electron chi connectivity index (χ1n) is 5.33. The van der Waals surface area contributed by atoms with Crippen molar-refractivity contribution in [1.82, 2.24) is 4.98 Å². The van der Waals surface area contributed by atoms with Crippen LogP contribution in [-0.2, 0) is 16.6 Å². The van der Waals surface area contributed by atoms with E-state index in [9.17, 15) is 4.21 Å². The number of nitrogens with zero attached hydrogens (tertiary/aromatic N) is 1. The molecule has 1 unspecified atom stereocenters. The number of thiazole rings is 1. The lowest BCUT2D eigenvalue weighted by atomic mass is 10.3. The van der Waals surface area contributed by atoms with Crippen molar-refractivity contribution in [1.29, 1.82) is 0 Å². The van der Waals surface area contributed by atoms with E-state index in [2.05, 4.69) is 4.98 Å². The highest BCUT2D eigenvalue weighted by atomic mass is 35.5. The molecule has 1 aromatic heterocycles. The molecule has 0 bridgehead atoms. The van der Waals surface area contributed by atoms with Gasteiger partial charge < -0.3 is 5.73 Å². The normalized spacial score (nSPS) is 12.6. The Labute approximate surface area is 117 Å². The molecule has 0 spiro atoms. The number of nitrogen functional groups attached to an aromatic ring is 1. The summed E-state index contributed by atoms with van der Waals surface area (Å²) in [7, 11) is -1.14. The van der Waals surface area contributed by atoms with Crippen LogP contribution in [0.4, 0.5) is 5.69 Å². The summed E-state index contributed by atoms with van der Waals surface area (Å²) in [6, 6.07) is 5.07. The van der Waals surface area contributed by atoms with Gasteiger partial charge >= 0.3 is 0 Å². The molecule has 0 amide bonds. The minimum atomic E-state index is -1.14. The predicted molar refractivity (Wildman–Crippen MR) is 77.6 cm³/mol. The molecule has 2 aromatic rings. The Morgan fingerprint density at radius 2 is 2.17 bits per heavy atom. The second kappa shape index (κ2) is 5.38. The average Bonchev–Trinajstić information content (AvgIpc) is 2.61. The van der Waals surface area contributed by atoms with Crippen molar-refractivity contribution in [3.8, 4) is 0 Å². The summed E-state index contributed by atoms with van der Waals surface area (Å²) >= 11 is 7.50. The molecule has 0 fully saturated rings. The molecule has 0 radical (unpaired) electrons. The predicted octanol–water partition coefficient (Wildman–Crippen LogP) is 3.30. The van der Waals surface area contributed by atoms with Crippen molar-refractivity contribution in [2.24, 2.45) is 0 Å². The quantitative estimate of drug-likeness (QED) is 0.885. The number of rotatable bonds is 3. The minimum Gasteiger partial charge on any atom is -0.398 e. The molecule has 0 aliphatic heterocycles. The zero-order chi connectivity index (χ0) is 13.3. The van der Waals surface area contributed by atoms with Gasteiger partial charge in [0.05, 0.1) is 33.0 Å². The number of hydrogen-bond acceptors (Lipinski definition) is 4. The van der Waals surface area contributed by atoms with Crippen molar-refractivity contribution in [2.75, 3.05) is 5.73 Å². The fraction of sp³-hybridized carbons (Fsp3) is 0.250. The van der Waals surface area contributed by atoms with Crippen LogP contribution in [0.2, 0.25) is 5.02 Å². The lowest BCUT2D eigenvalue weighted by Gasteiger charge is -2.02. The summed E-state index contributed by atoms with van der Waals surface area (Å²) < 4.78 is 12.2. The molecule has 6 heteroatoms. The van der Waals surface area contributed by atoms with Crippen LogP contribution in [0.1, 0.15) is 15.6 Å². The van der Waals surface area contributed by atoms with Crippen LogP contribution in [-0.4, -0.2) is 9.19 Å². The lowest BCUT2D eigenvalue weighted by molar-refractivity contribution is 0.682. The number of benzene rings is 1. The van der Waals surface area contributed by atoms with Crippen LogP contribution in [0.3, 0.4) is 0 Å². The van der Waals surface area contributed by atoms with E-state index in [1.807, 2.05) is 13.8 Å². The molecular formula is C12H13ClN2OS2. The number of anilines is 1. The molecule has 18 heavy (non-hydrogen) atoms. The molecule has 0 saturated carbocycles. The van der Waals surface area contributed by atoms with Crippen LogP contribution < -0.4 is 5.73 Å². The van der Waals surface area contributed by atoms with Gasteiger partial charge in [-0.05, 0) is 32.0 Å². The Kier molecular flexibility index (Phi) is 4.04. The maximum atomic E-state index is 12.2. The maximum absolute atomic E-state index is 12.2. The minimum absolute atomic E-state index is 0.416. The standard InChI is InChI=1S/C12H13ClN2OS2/c1-7-8(2)17-12(15-7)6-18(16)9-3-4-11(14)10(13)5-9/h3-5H,6,14H2,1-2H3. The van der Waals surface area contributed by atoms with Gasteiger partial charge in [-0.15, -0.1) is 11.3 Å². The summed E-state index contributed by atoms with van der Waals surface area (Å²) in [5, 5.41) is 1.32. The fourth-order valence-corrected chi connectivity index (χ4v) is 3.90. The SMILES string of the molecule is Cc1nc(CS(=O)c2ccc(N)c(Cl)c2)sc1C. The van der Waals surface area contributed by atoms with Gasteiger partial charge in [-0.3, -0.25) is 4.21 Å². The molecular weight excluding hydrogens is 288 g/mol. The molecule has 2 N–H and O–H groups in total. The van der Waals surface area contributed by atoms with Gasteiger partial charge in [-0.2, -0.15) is 0 Å². The van der Waals surface area contributed by atoms with Crippen LogP contribution in [0.5, 0.6) is 0 Å². The summed E-state index contributed by atoms with van der Waals surface area (Å²) in [6.45, 7) is 3.97. The first kappa shape index (κ1) is 13.5. The highest BCUT2D eigenvalue weighted by Gasteiger charge is 2.11. The number of aryl methyl sites for hydroxylation is 2.